The molecule has 1 atom stereocenters. The Labute approximate surface area is 211 Å². The van der Waals surface area contributed by atoms with Crippen molar-refractivity contribution in [1.82, 2.24) is 4.98 Å². The molecule has 0 radical (unpaired) electrons. The van der Waals surface area contributed by atoms with Gasteiger partial charge in [0.05, 0.1) is 18.7 Å². The first-order chi connectivity index (χ1) is 17.4. The SMILES string of the molecule is C/C=C\C=NC(C)(C)CN1C(=O)C2(COc3cc4c(cc32)CCO4)c2c(-c3cccnc3)cccc21. The molecule has 4 heterocycles. The van der Waals surface area contributed by atoms with E-state index in [1.807, 2.05) is 60.5 Å². The van der Waals surface area contributed by atoms with Crippen molar-refractivity contribution in [2.24, 2.45) is 4.99 Å². The minimum atomic E-state index is -0.933. The highest BCUT2D eigenvalue weighted by Crippen LogP contribution is 2.56. The first kappa shape index (κ1) is 22.5. The second-order valence-electron chi connectivity index (χ2n) is 10.2. The molecule has 0 saturated heterocycles. The number of allylic oxidation sites excluding steroid dienone is 2. The number of amides is 1. The van der Waals surface area contributed by atoms with Gasteiger partial charge in [0.2, 0.25) is 5.91 Å². The summed E-state index contributed by atoms with van der Waals surface area (Å²) in [5.41, 5.74) is 4.51. The van der Waals surface area contributed by atoms with E-state index in [9.17, 15) is 4.79 Å². The van der Waals surface area contributed by atoms with Crippen molar-refractivity contribution in [2.75, 3.05) is 24.7 Å². The molecule has 0 fully saturated rings. The van der Waals surface area contributed by atoms with E-state index < -0.39 is 11.0 Å². The van der Waals surface area contributed by atoms with E-state index in [0.29, 0.717) is 13.2 Å². The van der Waals surface area contributed by atoms with Crippen LogP contribution in [0.2, 0.25) is 0 Å². The van der Waals surface area contributed by atoms with E-state index in [0.717, 1.165) is 51.4 Å². The van der Waals surface area contributed by atoms with Gasteiger partial charge < -0.3 is 14.4 Å². The molecule has 6 rings (SSSR count). The standard InChI is InChI=1S/C30H29N3O3/c1-4-5-13-32-29(2,3)18-33-24-10-6-9-22(21-8-7-12-31-17-21)27(24)30(28(33)34)19-36-26-16-25-20(11-14-35-25)15-23(26)30/h4-10,12-13,15-17H,11,14,18-19H2,1-3H3/b5-4-,32-13?. The summed E-state index contributed by atoms with van der Waals surface area (Å²) in [5, 5.41) is 0. The number of fused-ring (bicyclic) bond motifs is 5. The van der Waals surface area contributed by atoms with Crippen LogP contribution >= 0.6 is 0 Å². The van der Waals surface area contributed by atoms with E-state index in [1.165, 1.54) is 0 Å². The van der Waals surface area contributed by atoms with Gasteiger partial charge in [0.15, 0.2) is 0 Å². The molecular formula is C30H29N3O3. The van der Waals surface area contributed by atoms with Gasteiger partial charge in [-0.25, -0.2) is 0 Å². The summed E-state index contributed by atoms with van der Waals surface area (Å²) in [6, 6.07) is 14.2. The van der Waals surface area contributed by atoms with Crippen LogP contribution in [0.1, 0.15) is 37.5 Å². The zero-order chi connectivity index (χ0) is 24.9. The number of pyridine rings is 1. The Hall–Kier alpha value is -3.93. The lowest BCUT2D eigenvalue weighted by Gasteiger charge is -2.29. The predicted octanol–water partition coefficient (Wildman–Crippen LogP) is 5.13. The lowest BCUT2D eigenvalue weighted by atomic mass is 9.74. The van der Waals surface area contributed by atoms with Crippen molar-refractivity contribution in [3.8, 4) is 22.6 Å². The molecule has 0 N–H and O–H groups in total. The van der Waals surface area contributed by atoms with Crippen molar-refractivity contribution < 1.29 is 14.3 Å². The number of aliphatic imine (C=N–C) groups is 1. The maximum atomic E-state index is 14.6. The minimum absolute atomic E-state index is 0.0285. The molecule has 3 aromatic rings. The van der Waals surface area contributed by atoms with E-state index >= 15 is 0 Å². The van der Waals surface area contributed by atoms with Gasteiger partial charge in [0.1, 0.15) is 23.5 Å². The van der Waals surface area contributed by atoms with Crippen LogP contribution in [-0.2, 0) is 16.6 Å². The minimum Gasteiger partial charge on any atom is -0.493 e. The molecule has 36 heavy (non-hydrogen) atoms. The number of benzene rings is 2. The van der Waals surface area contributed by atoms with Crippen molar-refractivity contribution in [3.05, 3.63) is 83.7 Å². The number of carbonyl (C=O) groups excluding carboxylic acids is 1. The van der Waals surface area contributed by atoms with Crippen molar-refractivity contribution in [2.45, 2.75) is 38.1 Å². The normalized spacial score (nSPS) is 20.2. The zero-order valence-electron chi connectivity index (χ0n) is 20.8. The lowest BCUT2D eigenvalue weighted by Crippen LogP contribution is -2.47. The maximum Gasteiger partial charge on any atom is 0.245 e. The number of hydrogen-bond donors (Lipinski definition) is 0. The molecule has 6 nitrogen and oxygen atoms in total. The van der Waals surface area contributed by atoms with Crippen LogP contribution in [0.4, 0.5) is 5.69 Å². The molecule has 0 saturated carbocycles. The van der Waals surface area contributed by atoms with Crippen molar-refractivity contribution in [1.29, 1.82) is 0 Å². The monoisotopic (exact) mass is 479 g/mol. The molecule has 182 valence electrons. The Morgan fingerprint density at radius 3 is 2.86 bits per heavy atom. The van der Waals surface area contributed by atoms with E-state index in [1.54, 1.807) is 12.4 Å². The third kappa shape index (κ3) is 3.35. The average molecular weight is 480 g/mol. The van der Waals surface area contributed by atoms with Crippen LogP contribution in [0.3, 0.4) is 0 Å². The van der Waals surface area contributed by atoms with Gasteiger partial charge in [-0.15, -0.1) is 0 Å². The first-order valence-corrected chi connectivity index (χ1v) is 12.4. The van der Waals surface area contributed by atoms with Gasteiger partial charge in [0, 0.05) is 53.5 Å². The summed E-state index contributed by atoms with van der Waals surface area (Å²) in [5.74, 6) is 1.61. The summed E-state index contributed by atoms with van der Waals surface area (Å²) in [7, 11) is 0. The summed E-state index contributed by atoms with van der Waals surface area (Å²) >= 11 is 0. The van der Waals surface area contributed by atoms with E-state index in [4.69, 9.17) is 14.5 Å². The van der Waals surface area contributed by atoms with Crippen molar-refractivity contribution in [3.63, 3.8) is 0 Å². The summed E-state index contributed by atoms with van der Waals surface area (Å²) in [6.45, 7) is 7.43. The highest BCUT2D eigenvalue weighted by Gasteiger charge is 2.58. The summed E-state index contributed by atoms with van der Waals surface area (Å²) < 4.78 is 12.0. The largest absolute Gasteiger partial charge is 0.493 e. The quantitative estimate of drug-likeness (QED) is 0.476. The van der Waals surface area contributed by atoms with Crippen LogP contribution in [0.5, 0.6) is 11.5 Å². The van der Waals surface area contributed by atoms with Crippen LogP contribution in [0.15, 0.2) is 72.0 Å². The van der Waals surface area contributed by atoms with Crippen molar-refractivity contribution >= 4 is 17.8 Å². The molecule has 1 amide bonds. The topological polar surface area (TPSA) is 64.0 Å². The fourth-order valence-corrected chi connectivity index (χ4v) is 5.65. The Balaban J connectivity index is 1.56. The third-order valence-corrected chi connectivity index (χ3v) is 7.29. The second kappa shape index (κ2) is 8.33. The van der Waals surface area contributed by atoms with Crippen LogP contribution in [0.25, 0.3) is 11.1 Å². The summed E-state index contributed by atoms with van der Waals surface area (Å²) in [4.78, 5) is 25.6. The third-order valence-electron chi connectivity index (χ3n) is 7.29. The number of anilines is 1. The van der Waals surface area contributed by atoms with Gasteiger partial charge in [-0.2, -0.15) is 0 Å². The first-order valence-electron chi connectivity index (χ1n) is 12.4. The Morgan fingerprint density at radius 2 is 2.06 bits per heavy atom. The molecule has 0 aliphatic carbocycles. The number of rotatable bonds is 5. The maximum absolute atomic E-state index is 14.6. The molecule has 1 spiro atoms. The van der Waals surface area contributed by atoms with Crippen LogP contribution in [0, 0.1) is 0 Å². The Kier molecular flexibility index (Phi) is 5.21. The molecule has 3 aliphatic heterocycles. The Morgan fingerprint density at radius 1 is 1.17 bits per heavy atom. The average Bonchev–Trinajstić information content (AvgIpc) is 3.55. The number of aromatic nitrogens is 1. The number of nitrogens with zero attached hydrogens (tertiary/aromatic N) is 3. The smallest absolute Gasteiger partial charge is 0.245 e. The molecule has 1 aromatic heterocycles. The number of ether oxygens (including phenoxy) is 2. The van der Waals surface area contributed by atoms with Gasteiger partial charge in [0.25, 0.3) is 0 Å². The molecule has 0 bridgehead atoms. The number of hydrogen-bond acceptors (Lipinski definition) is 5. The molecule has 3 aliphatic rings. The molecule has 6 heteroatoms. The fourth-order valence-electron chi connectivity index (χ4n) is 5.65. The lowest BCUT2D eigenvalue weighted by molar-refractivity contribution is -0.122. The Bertz CT molecular complexity index is 1410. The highest BCUT2D eigenvalue weighted by atomic mass is 16.5. The van der Waals surface area contributed by atoms with Gasteiger partial charge >= 0.3 is 0 Å². The molecular weight excluding hydrogens is 450 g/mol. The zero-order valence-corrected chi connectivity index (χ0v) is 20.8. The predicted molar refractivity (Wildman–Crippen MR) is 141 cm³/mol. The van der Waals surface area contributed by atoms with Crippen LogP contribution in [-0.4, -0.2) is 42.4 Å². The second-order valence-corrected chi connectivity index (χ2v) is 10.2. The summed E-state index contributed by atoms with van der Waals surface area (Å²) in [6.07, 6.45) is 10.1. The molecule has 1 unspecified atom stereocenters. The van der Waals surface area contributed by atoms with Gasteiger partial charge in [-0.3, -0.25) is 14.8 Å². The molecule has 2 aromatic carbocycles. The van der Waals surface area contributed by atoms with Gasteiger partial charge in [-0.05, 0) is 56.2 Å². The number of carbonyl (C=O) groups is 1. The van der Waals surface area contributed by atoms with E-state index in [2.05, 4.69) is 31.0 Å². The van der Waals surface area contributed by atoms with E-state index in [-0.39, 0.29) is 12.5 Å². The van der Waals surface area contributed by atoms with Crippen LogP contribution < -0.4 is 14.4 Å². The highest BCUT2D eigenvalue weighted by molar-refractivity contribution is 6.13. The fraction of sp³-hybridized carbons (Fsp3) is 0.300. The van der Waals surface area contributed by atoms with Gasteiger partial charge in [-0.1, -0.05) is 24.3 Å².